The van der Waals surface area contributed by atoms with Gasteiger partial charge in [0, 0.05) is 19.3 Å². The van der Waals surface area contributed by atoms with Crippen molar-refractivity contribution in [2.45, 2.75) is 292 Å². The van der Waals surface area contributed by atoms with Crippen LogP contribution >= 0.6 is 0 Å². The van der Waals surface area contributed by atoms with Gasteiger partial charge in [-0.05, 0) is 37.0 Å². The van der Waals surface area contributed by atoms with Crippen LogP contribution < -0.4 is 0 Å². The molecule has 0 fully saturated rings. The fourth-order valence-electron chi connectivity index (χ4n) is 7.91. The maximum Gasteiger partial charge on any atom is 0.306 e. The lowest BCUT2D eigenvalue weighted by atomic mass is 9.99. The van der Waals surface area contributed by atoms with Crippen molar-refractivity contribution in [3.8, 4) is 0 Å². The van der Waals surface area contributed by atoms with Crippen molar-refractivity contribution in [1.82, 2.24) is 0 Å². The fraction of sp³-hybridized carbons (Fsp3) is 0.943. The Morgan fingerprint density at radius 1 is 0.339 bits per heavy atom. The molecule has 0 aromatic heterocycles. The number of unbranched alkanes of at least 4 members (excludes halogenated alkanes) is 28. The van der Waals surface area contributed by atoms with Gasteiger partial charge in [-0.15, -0.1) is 0 Å². The van der Waals surface area contributed by atoms with Crippen LogP contribution in [0.25, 0.3) is 0 Å². The Kier molecular flexibility index (Phi) is 43.3. The average molecular weight is 835 g/mol. The molecule has 6 heteroatoms. The van der Waals surface area contributed by atoms with Crippen molar-refractivity contribution in [2.75, 3.05) is 13.2 Å². The van der Waals surface area contributed by atoms with Crippen LogP contribution in [0.1, 0.15) is 286 Å². The van der Waals surface area contributed by atoms with Gasteiger partial charge in [-0.1, -0.05) is 247 Å². The molecule has 0 rings (SSSR count). The zero-order chi connectivity index (χ0) is 43.4. The molecular weight excluding hydrogens is 733 g/mol. The summed E-state index contributed by atoms with van der Waals surface area (Å²) in [5, 5.41) is 0. The van der Waals surface area contributed by atoms with Crippen LogP contribution in [0.4, 0.5) is 0 Å². The van der Waals surface area contributed by atoms with Crippen LogP contribution in [0.5, 0.6) is 0 Å². The van der Waals surface area contributed by atoms with E-state index in [9.17, 15) is 14.4 Å². The minimum atomic E-state index is -0.763. The summed E-state index contributed by atoms with van der Waals surface area (Å²) in [5.74, 6) is 1.64. The summed E-state index contributed by atoms with van der Waals surface area (Å²) in [7, 11) is 0. The first-order valence-corrected chi connectivity index (χ1v) is 26.1. The van der Waals surface area contributed by atoms with Crippen LogP contribution in [0, 0.1) is 17.8 Å². The number of rotatable bonds is 46. The third-order valence-electron chi connectivity index (χ3n) is 12.3. The predicted molar refractivity (Wildman–Crippen MR) is 252 cm³/mol. The van der Waals surface area contributed by atoms with Gasteiger partial charge in [0.05, 0.1) is 0 Å². The van der Waals surface area contributed by atoms with Crippen molar-refractivity contribution >= 4 is 17.9 Å². The van der Waals surface area contributed by atoms with E-state index in [0.29, 0.717) is 19.3 Å². The Hall–Kier alpha value is -1.59. The standard InChI is InChI=1S/C53H102O6/c1-7-49(6)41-35-29-23-17-14-15-19-25-32-38-44-53(56)59-50(46-58-52(55)43-37-31-26-20-22-28-34-40-48(4)5)45-57-51(54)42-36-30-24-18-13-11-9-8-10-12-16-21-27-33-39-47(2)3/h47-50H,7-46H2,1-6H3/t49?,50-/m1/s1. The lowest BCUT2D eigenvalue weighted by Crippen LogP contribution is -2.30. The largest absolute Gasteiger partial charge is 0.462 e. The number of carbonyl (C=O) groups excluding carboxylic acids is 3. The van der Waals surface area contributed by atoms with Gasteiger partial charge >= 0.3 is 17.9 Å². The molecule has 6 nitrogen and oxygen atoms in total. The summed E-state index contributed by atoms with van der Waals surface area (Å²) in [6.07, 6.45) is 43.8. The lowest BCUT2D eigenvalue weighted by Gasteiger charge is -2.18. The smallest absolute Gasteiger partial charge is 0.306 e. The Morgan fingerprint density at radius 2 is 0.593 bits per heavy atom. The van der Waals surface area contributed by atoms with E-state index in [0.717, 1.165) is 75.5 Å². The zero-order valence-corrected chi connectivity index (χ0v) is 40.5. The molecule has 0 bridgehead atoms. The summed E-state index contributed by atoms with van der Waals surface area (Å²) in [6.45, 7) is 13.7. The van der Waals surface area contributed by atoms with E-state index in [1.54, 1.807) is 0 Å². The van der Waals surface area contributed by atoms with E-state index in [1.165, 1.54) is 167 Å². The van der Waals surface area contributed by atoms with Gasteiger partial charge in [-0.3, -0.25) is 14.4 Å². The lowest BCUT2D eigenvalue weighted by molar-refractivity contribution is -0.167. The number of hydrogen-bond acceptors (Lipinski definition) is 6. The molecule has 0 aromatic rings. The highest BCUT2D eigenvalue weighted by atomic mass is 16.6. The van der Waals surface area contributed by atoms with Gasteiger partial charge in [0.15, 0.2) is 6.10 Å². The molecule has 0 saturated heterocycles. The molecule has 0 heterocycles. The molecule has 350 valence electrons. The maximum atomic E-state index is 12.8. The molecule has 0 aliphatic rings. The topological polar surface area (TPSA) is 78.9 Å². The van der Waals surface area contributed by atoms with E-state index in [4.69, 9.17) is 14.2 Å². The number of carbonyl (C=O) groups is 3. The van der Waals surface area contributed by atoms with Gasteiger partial charge in [0.1, 0.15) is 13.2 Å². The molecule has 0 aromatic carbocycles. The maximum absolute atomic E-state index is 12.8. The molecule has 0 saturated carbocycles. The highest BCUT2D eigenvalue weighted by molar-refractivity contribution is 5.71. The van der Waals surface area contributed by atoms with Crippen molar-refractivity contribution in [2.24, 2.45) is 17.8 Å². The van der Waals surface area contributed by atoms with E-state index in [2.05, 4.69) is 41.5 Å². The predicted octanol–water partition coefficient (Wildman–Crippen LogP) is 16.8. The van der Waals surface area contributed by atoms with Gasteiger partial charge < -0.3 is 14.2 Å². The van der Waals surface area contributed by atoms with Crippen LogP contribution in [-0.4, -0.2) is 37.2 Å². The molecule has 0 amide bonds. The quantitative estimate of drug-likeness (QED) is 0.0345. The first kappa shape index (κ1) is 57.4. The van der Waals surface area contributed by atoms with Gasteiger partial charge in [0.2, 0.25) is 0 Å². The van der Waals surface area contributed by atoms with E-state index in [1.807, 2.05) is 0 Å². The third-order valence-corrected chi connectivity index (χ3v) is 12.3. The Labute approximate surface area is 368 Å². The number of hydrogen-bond donors (Lipinski definition) is 0. The second-order valence-electron chi connectivity index (χ2n) is 19.4. The summed E-state index contributed by atoms with van der Waals surface area (Å²) in [5.41, 5.74) is 0. The fourth-order valence-corrected chi connectivity index (χ4v) is 7.91. The number of esters is 3. The first-order chi connectivity index (χ1) is 28.6. The first-order valence-electron chi connectivity index (χ1n) is 26.1. The minimum absolute atomic E-state index is 0.0651. The minimum Gasteiger partial charge on any atom is -0.462 e. The molecule has 59 heavy (non-hydrogen) atoms. The highest BCUT2D eigenvalue weighted by Crippen LogP contribution is 2.18. The monoisotopic (exact) mass is 835 g/mol. The summed E-state index contributed by atoms with van der Waals surface area (Å²) < 4.78 is 16.8. The highest BCUT2D eigenvalue weighted by Gasteiger charge is 2.19. The second-order valence-corrected chi connectivity index (χ2v) is 19.4. The Bertz CT molecular complexity index is 916. The van der Waals surface area contributed by atoms with E-state index < -0.39 is 6.10 Å². The van der Waals surface area contributed by atoms with Crippen molar-refractivity contribution in [3.63, 3.8) is 0 Å². The molecule has 0 aliphatic carbocycles. The molecule has 0 radical (unpaired) electrons. The molecule has 0 aliphatic heterocycles. The van der Waals surface area contributed by atoms with Crippen LogP contribution in [0.15, 0.2) is 0 Å². The van der Waals surface area contributed by atoms with E-state index in [-0.39, 0.29) is 31.1 Å². The summed E-state index contributed by atoms with van der Waals surface area (Å²) in [4.78, 5) is 37.9. The normalized spacial score (nSPS) is 12.6. The average Bonchev–Trinajstić information content (AvgIpc) is 3.20. The Balaban J connectivity index is 4.29. The molecule has 0 N–H and O–H groups in total. The van der Waals surface area contributed by atoms with Crippen molar-refractivity contribution in [3.05, 3.63) is 0 Å². The zero-order valence-electron chi connectivity index (χ0n) is 40.5. The Morgan fingerprint density at radius 3 is 0.881 bits per heavy atom. The van der Waals surface area contributed by atoms with Crippen LogP contribution in [-0.2, 0) is 28.6 Å². The van der Waals surface area contributed by atoms with Crippen LogP contribution in [0.2, 0.25) is 0 Å². The number of ether oxygens (including phenoxy) is 3. The molecule has 0 spiro atoms. The van der Waals surface area contributed by atoms with Crippen molar-refractivity contribution < 1.29 is 28.6 Å². The molecule has 1 unspecified atom stereocenters. The van der Waals surface area contributed by atoms with Gasteiger partial charge in [-0.2, -0.15) is 0 Å². The van der Waals surface area contributed by atoms with Crippen LogP contribution in [0.3, 0.4) is 0 Å². The SMILES string of the molecule is CCC(C)CCCCCCCCCCCCC(=O)O[C@H](COC(=O)CCCCCCCCCCCCCCCCC(C)C)COC(=O)CCCCCCCCCC(C)C. The molecular formula is C53H102O6. The van der Waals surface area contributed by atoms with Gasteiger partial charge in [0.25, 0.3) is 0 Å². The third kappa shape index (κ3) is 45.8. The van der Waals surface area contributed by atoms with E-state index >= 15 is 0 Å². The summed E-state index contributed by atoms with van der Waals surface area (Å²) >= 11 is 0. The second kappa shape index (κ2) is 44.5. The molecule has 2 atom stereocenters. The van der Waals surface area contributed by atoms with Gasteiger partial charge in [-0.25, -0.2) is 0 Å². The van der Waals surface area contributed by atoms with Crippen molar-refractivity contribution in [1.29, 1.82) is 0 Å². The summed E-state index contributed by atoms with van der Waals surface area (Å²) in [6, 6.07) is 0.